The maximum absolute atomic E-state index is 6.01. The molecule has 8 heteroatoms. The zero-order chi connectivity index (χ0) is 20.8. The Morgan fingerprint density at radius 1 is 1.14 bits per heavy atom. The van der Waals surface area contributed by atoms with Crippen LogP contribution in [0.2, 0.25) is 0 Å². The minimum atomic E-state index is 0.408. The van der Waals surface area contributed by atoms with E-state index in [2.05, 4.69) is 33.8 Å². The zero-order valence-corrected chi connectivity index (χ0v) is 17.5. The topological polar surface area (TPSA) is 85.3 Å². The second-order valence-corrected chi connectivity index (χ2v) is 6.76. The zero-order valence-electron chi connectivity index (χ0n) is 17.5. The van der Waals surface area contributed by atoms with Gasteiger partial charge < -0.3 is 15.4 Å². The van der Waals surface area contributed by atoms with E-state index >= 15 is 0 Å². The summed E-state index contributed by atoms with van der Waals surface area (Å²) in [5.41, 5.74) is 7.70. The highest BCUT2D eigenvalue weighted by molar-refractivity contribution is 5.71. The molecule has 3 rings (SSSR count). The van der Waals surface area contributed by atoms with Crippen molar-refractivity contribution in [1.29, 1.82) is 0 Å². The van der Waals surface area contributed by atoms with Gasteiger partial charge in [-0.15, -0.1) is 0 Å². The van der Waals surface area contributed by atoms with Gasteiger partial charge in [-0.05, 0) is 38.2 Å². The van der Waals surface area contributed by atoms with E-state index in [1.54, 1.807) is 16.9 Å². The number of nitrogens with two attached hydrogens (primary N) is 1. The van der Waals surface area contributed by atoms with Gasteiger partial charge in [-0.1, -0.05) is 19.9 Å². The fourth-order valence-corrected chi connectivity index (χ4v) is 3.17. The minimum absolute atomic E-state index is 0.408. The molecule has 0 saturated heterocycles. The first-order valence-corrected chi connectivity index (χ1v) is 9.86. The average Bonchev–Trinajstić information content (AvgIpc) is 3.04. The van der Waals surface area contributed by atoms with E-state index < -0.39 is 0 Å². The van der Waals surface area contributed by atoms with Crippen molar-refractivity contribution in [3.8, 4) is 5.75 Å². The third-order valence-electron chi connectivity index (χ3n) is 4.72. The lowest BCUT2D eigenvalue weighted by atomic mass is 10.2. The number of hydrogen-bond acceptors (Lipinski definition) is 7. The van der Waals surface area contributed by atoms with Crippen LogP contribution in [0.15, 0.2) is 42.6 Å². The molecule has 2 heterocycles. The first-order valence-electron chi connectivity index (χ1n) is 9.86. The number of aryl methyl sites for hydroxylation is 2. The molecule has 0 bridgehead atoms. The summed E-state index contributed by atoms with van der Waals surface area (Å²) in [6, 6.07) is 11.6. The Morgan fingerprint density at radius 2 is 1.93 bits per heavy atom. The van der Waals surface area contributed by atoms with Gasteiger partial charge in [-0.25, -0.2) is 4.98 Å². The van der Waals surface area contributed by atoms with Crippen LogP contribution < -0.4 is 15.4 Å². The molecule has 0 aliphatic carbocycles. The Hall–Kier alpha value is -3.13. The lowest BCUT2D eigenvalue weighted by molar-refractivity contribution is 0.223. The van der Waals surface area contributed by atoms with Gasteiger partial charge in [-0.2, -0.15) is 10.1 Å². The summed E-state index contributed by atoms with van der Waals surface area (Å²) < 4.78 is 7.81. The number of nitrogens with zero attached hydrogens (tertiary/aromatic N) is 6. The number of benzene rings is 1. The molecule has 0 spiro atoms. The molecule has 0 saturated carbocycles. The van der Waals surface area contributed by atoms with E-state index in [1.807, 2.05) is 49.2 Å². The van der Waals surface area contributed by atoms with E-state index in [1.165, 1.54) is 0 Å². The fourth-order valence-electron chi connectivity index (χ4n) is 3.17. The van der Waals surface area contributed by atoms with Crippen LogP contribution in [0, 0.1) is 6.92 Å². The van der Waals surface area contributed by atoms with E-state index in [-0.39, 0.29) is 0 Å². The Kier molecular flexibility index (Phi) is 6.66. The minimum Gasteiger partial charge on any atom is -0.492 e. The van der Waals surface area contributed by atoms with Gasteiger partial charge in [0.15, 0.2) is 0 Å². The Morgan fingerprint density at radius 3 is 2.59 bits per heavy atom. The molecule has 0 fully saturated rings. The molecule has 2 aromatic heterocycles. The van der Waals surface area contributed by atoms with Crippen LogP contribution in [0.5, 0.6) is 5.75 Å². The highest BCUT2D eigenvalue weighted by Gasteiger charge is 2.20. The molecule has 0 aliphatic rings. The number of ether oxygens (including phenoxy) is 1. The van der Waals surface area contributed by atoms with Gasteiger partial charge in [0, 0.05) is 31.9 Å². The summed E-state index contributed by atoms with van der Waals surface area (Å²) in [6.07, 6.45) is 1.65. The third-order valence-corrected chi connectivity index (χ3v) is 4.72. The van der Waals surface area contributed by atoms with E-state index in [4.69, 9.17) is 10.5 Å². The number of likely N-dealkylation sites (N-methyl/N-ethyl adjacent to an activating group) is 1. The van der Waals surface area contributed by atoms with Crippen molar-refractivity contribution in [2.24, 2.45) is 7.05 Å². The van der Waals surface area contributed by atoms with Crippen molar-refractivity contribution in [3.05, 3.63) is 48.3 Å². The molecule has 8 nitrogen and oxygen atoms in total. The van der Waals surface area contributed by atoms with Crippen molar-refractivity contribution >= 4 is 23.3 Å². The summed E-state index contributed by atoms with van der Waals surface area (Å²) >= 11 is 0. The SMILES string of the molecule is CCN(CC)CCOc1cccc(N(c2nccc(N)n2)c2cc(C)nn2C)c1. The predicted molar refractivity (Wildman–Crippen MR) is 116 cm³/mol. The third kappa shape index (κ3) is 5.03. The highest BCUT2D eigenvalue weighted by Crippen LogP contribution is 2.34. The smallest absolute Gasteiger partial charge is 0.237 e. The molecule has 0 atom stereocenters. The van der Waals surface area contributed by atoms with Gasteiger partial charge in [0.05, 0.1) is 11.4 Å². The van der Waals surface area contributed by atoms with Crippen molar-refractivity contribution < 1.29 is 4.74 Å². The summed E-state index contributed by atoms with van der Waals surface area (Å²) in [5.74, 6) is 2.52. The van der Waals surface area contributed by atoms with E-state index in [0.717, 1.165) is 42.6 Å². The van der Waals surface area contributed by atoms with Crippen molar-refractivity contribution in [3.63, 3.8) is 0 Å². The van der Waals surface area contributed by atoms with Gasteiger partial charge in [-0.3, -0.25) is 9.58 Å². The molecule has 0 unspecified atom stereocenters. The number of hydrogen-bond donors (Lipinski definition) is 1. The summed E-state index contributed by atoms with van der Waals surface area (Å²) in [6.45, 7) is 9.81. The molecule has 0 aliphatic heterocycles. The number of anilines is 4. The van der Waals surface area contributed by atoms with Crippen LogP contribution >= 0.6 is 0 Å². The quantitative estimate of drug-likeness (QED) is 0.595. The Bertz CT molecular complexity index is 936. The van der Waals surface area contributed by atoms with Gasteiger partial charge in [0.2, 0.25) is 5.95 Å². The summed E-state index contributed by atoms with van der Waals surface area (Å²) in [4.78, 5) is 13.1. The molecule has 1 aromatic carbocycles. The Balaban J connectivity index is 1.91. The largest absolute Gasteiger partial charge is 0.492 e. The van der Waals surface area contributed by atoms with Gasteiger partial charge in [0.25, 0.3) is 0 Å². The monoisotopic (exact) mass is 395 g/mol. The number of rotatable bonds is 9. The first-order chi connectivity index (χ1) is 14.0. The van der Waals surface area contributed by atoms with Crippen molar-refractivity contribution in [2.45, 2.75) is 20.8 Å². The maximum Gasteiger partial charge on any atom is 0.237 e. The summed E-state index contributed by atoms with van der Waals surface area (Å²) in [7, 11) is 1.89. The van der Waals surface area contributed by atoms with Crippen LogP contribution in [-0.4, -0.2) is 50.9 Å². The van der Waals surface area contributed by atoms with Crippen LogP contribution in [-0.2, 0) is 7.05 Å². The van der Waals surface area contributed by atoms with E-state index in [0.29, 0.717) is 18.4 Å². The van der Waals surface area contributed by atoms with Crippen molar-refractivity contribution in [2.75, 3.05) is 36.9 Å². The number of nitrogen functional groups attached to an aromatic ring is 1. The average molecular weight is 396 g/mol. The first kappa shape index (κ1) is 20.6. The fraction of sp³-hybridized carbons (Fsp3) is 0.381. The summed E-state index contributed by atoms with van der Waals surface area (Å²) in [5, 5.41) is 4.47. The lowest BCUT2D eigenvalue weighted by Crippen LogP contribution is -2.27. The predicted octanol–water partition coefficient (Wildman–Crippen LogP) is 3.29. The van der Waals surface area contributed by atoms with Crippen molar-refractivity contribution in [1.82, 2.24) is 24.6 Å². The normalized spacial score (nSPS) is 11.1. The number of aromatic nitrogens is 4. The van der Waals surface area contributed by atoms with Gasteiger partial charge >= 0.3 is 0 Å². The second kappa shape index (κ2) is 9.38. The molecule has 29 heavy (non-hydrogen) atoms. The lowest BCUT2D eigenvalue weighted by Gasteiger charge is -2.23. The standard InChI is InChI=1S/C21H29N7O/c1-5-27(6-2)12-13-29-18-9-7-8-17(15-18)28(20-14-16(3)25-26(20)4)21-23-11-10-19(22)24-21/h7-11,14-15H,5-6,12-13H2,1-4H3,(H2,22,23,24). The molecule has 0 amide bonds. The Labute approximate surface area is 171 Å². The van der Waals surface area contributed by atoms with Crippen LogP contribution in [0.1, 0.15) is 19.5 Å². The van der Waals surface area contributed by atoms with E-state index in [9.17, 15) is 0 Å². The molecule has 2 N–H and O–H groups in total. The molecule has 0 radical (unpaired) electrons. The van der Waals surface area contributed by atoms with Crippen LogP contribution in [0.3, 0.4) is 0 Å². The molecular weight excluding hydrogens is 366 g/mol. The maximum atomic E-state index is 6.01. The molecular formula is C21H29N7O. The molecule has 3 aromatic rings. The van der Waals surface area contributed by atoms with Gasteiger partial charge in [0.1, 0.15) is 24.0 Å². The highest BCUT2D eigenvalue weighted by atomic mass is 16.5. The molecule has 154 valence electrons. The van der Waals surface area contributed by atoms with Crippen LogP contribution in [0.4, 0.5) is 23.3 Å². The second-order valence-electron chi connectivity index (χ2n) is 6.76. The van der Waals surface area contributed by atoms with Crippen LogP contribution in [0.25, 0.3) is 0 Å².